The Labute approximate surface area is 121 Å². The third-order valence-electron chi connectivity index (χ3n) is 4.60. The largest absolute Gasteiger partial charge is 0.496 e. The zero-order valence-electron chi connectivity index (χ0n) is 12.4. The van der Waals surface area contributed by atoms with E-state index in [4.69, 9.17) is 4.74 Å². The van der Waals surface area contributed by atoms with E-state index in [1.54, 1.807) is 7.11 Å². The molecule has 1 aromatic rings. The molecule has 0 saturated carbocycles. The van der Waals surface area contributed by atoms with Crippen molar-refractivity contribution in [2.45, 2.75) is 26.3 Å². The Morgan fingerprint density at radius 2 is 1.85 bits per heavy atom. The van der Waals surface area contributed by atoms with E-state index in [1.807, 2.05) is 12.1 Å². The minimum Gasteiger partial charge on any atom is -0.496 e. The van der Waals surface area contributed by atoms with Crippen LogP contribution < -0.4 is 4.74 Å². The predicted octanol–water partition coefficient (Wildman–Crippen LogP) is 1.57. The SMILES string of the molecule is COc1cccc(CN2CCC(CO)(CO)CC2)c1C. The van der Waals surface area contributed by atoms with Crippen LogP contribution in [0.1, 0.15) is 24.0 Å². The molecule has 1 saturated heterocycles. The monoisotopic (exact) mass is 279 g/mol. The van der Waals surface area contributed by atoms with Gasteiger partial charge in [0.2, 0.25) is 0 Å². The number of nitrogens with zero attached hydrogens (tertiary/aromatic N) is 1. The Morgan fingerprint density at radius 3 is 2.40 bits per heavy atom. The fourth-order valence-corrected chi connectivity index (χ4v) is 2.84. The smallest absolute Gasteiger partial charge is 0.122 e. The van der Waals surface area contributed by atoms with Crippen LogP contribution in [0.3, 0.4) is 0 Å². The number of hydrogen-bond donors (Lipinski definition) is 2. The lowest BCUT2D eigenvalue weighted by Gasteiger charge is -2.39. The summed E-state index contributed by atoms with van der Waals surface area (Å²) in [6.45, 7) is 4.97. The molecule has 0 atom stereocenters. The van der Waals surface area contributed by atoms with Gasteiger partial charge in [-0.25, -0.2) is 0 Å². The molecule has 1 aromatic carbocycles. The van der Waals surface area contributed by atoms with Gasteiger partial charge in [0.05, 0.1) is 20.3 Å². The first-order valence-electron chi connectivity index (χ1n) is 7.21. The van der Waals surface area contributed by atoms with Crippen molar-refractivity contribution in [3.63, 3.8) is 0 Å². The first-order valence-corrected chi connectivity index (χ1v) is 7.21. The van der Waals surface area contributed by atoms with Crippen molar-refractivity contribution in [1.29, 1.82) is 0 Å². The van der Waals surface area contributed by atoms with Crippen molar-refractivity contribution >= 4 is 0 Å². The molecule has 0 aliphatic carbocycles. The lowest BCUT2D eigenvalue weighted by Crippen LogP contribution is -2.43. The molecule has 0 bridgehead atoms. The number of rotatable bonds is 5. The van der Waals surface area contributed by atoms with Gasteiger partial charge in [0.15, 0.2) is 0 Å². The van der Waals surface area contributed by atoms with Crippen LogP contribution in [-0.2, 0) is 6.54 Å². The van der Waals surface area contributed by atoms with Gasteiger partial charge in [-0.3, -0.25) is 4.90 Å². The Hall–Kier alpha value is -1.10. The van der Waals surface area contributed by atoms with Gasteiger partial charge in [-0.1, -0.05) is 12.1 Å². The van der Waals surface area contributed by atoms with Crippen LogP contribution in [0.2, 0.25) is 0 Å². The van der Waals surface area contributed by atoms with Crippen LogP contribution in [0.5, 0.6) is 5.75 Å². The molecule has 1 aliphatic rings. The van der Waals surface area contributed by atoms with E-state index in [1.165, 1.54) is 11.1 Å². The topological polar surface area (TPSA) is 52.9 Å². The number of ether oxygens (including phenoxy) is 1. The number of aliphatic hydroxyl groups is 2. The highest BCUT2D eigenvalue weighted by Crippen LogP contribution is 2.31. The summed E-state index contributed by atoms with van der Waals surface area (Å²) in [6.07, 6.45) is 1.70. The normalized spacial score (nSPS) is 19.0. The summed E-state index contributed by atoms with van der Waals surface area (Å²) in [5, 5.41) is 18.9. The van der Waals surface area contributed by atoms with Gasteiger partial charge in [-0.15, -0.1) is 0 Å². The van der Waals surface area contributed by atoms with Crippen LogP contribution in [-0.4, -0.2) is 48.5 Å². The number of piperidine rings is 1. The maximum absolute atomic E-state index is 9.43. The molecule has 20 heavy (non-hydrogen) atoms. The van der Waals surface area contributed by atoms with E-state index in [0.717, 1.165) is 38.2 Å². The van der Waals surface area contributed by atoms with Crippen molar-refractivity contribution in [2.24, 2.45) is 5.41 Å². The van der Waals surface area contributed by atoms with Crippen LogP contribution in [0.4, 0.5) is 0 Å². The molecule has 1 fully saturated rings. The molecule has 4 nitrogen and oxygen atoms in total. The summed E-state index contributed by atoms with van der Waals surface area (Å²) in [6, 6.07) is 6.15. The maximum Gasteiger partial charge on any atom is 0.122 e. The molecule has 0 spiro atoms. The van der Waals surface area contributed by atoms with Gasteiger partial charge in [0.25, 0.3) is 0 Å². The Balaban J connectivity index is 1.99. The van der Waals surface area contributed by atoms with Gasteiger partial charge in [0.1, 0.15) is 5.75 Å². The Bertz CT molecular complexity index is 433. The third-order valence-corrected chi connectivity index (χ3v) is 4.60. The van der Waals surface area contributed by atoms with Gasteiger partial charge in [-0.2, -0.15) is 0 Å². The highest BCUT2D eigenvalue weighted by atomic mass is 16.5. The first kappa shape index (κ1) is 15.3. The Kier molecular flexibility index (Phi) is 5.02. The van der Waals surface area contributed by atoms with Gasteiger partial charge >= 0.3 is 0 Å². The average Bonchev–Trinajstić information content (AvgIpc) is 2.50. The van der Waals surface area contributed by atoms with E-state index in [0.29, 0.717) is 0 Å². The van der Waals surface area contributed by atoms with E-state index in [2.05, 4.69) is 17.9 Å². The molecule has 0 aromatic heterocycles. The van der Waals surface area contributed by atoms with Crippen LogP contribution >= 0.6 is 0 Å². The zero-order valence-corrected chi connectivity index (χ0v) is 12.4. The van der Waals surface area contributed by atoms with E-state index >= 15 is 0 Å². The van der Waals surface area contributed by atoms with Crippen molar-refractivity contribution < 1.29 is 14.9 Å². The molecule has 4 heteroatoms. The van der Waals surface area contributed by atoms with Crippen LogP contribution in [0, 0.1) is 12.3 Å². The van der Waals surface area contributed by atoms with Crippen molar-refractivity contribution in [3.05, 3.63) is 29.3 Å². The van der Waals surface area contributed by atoms with Crippen LogP contribution in [0.15, 0.2) is 18.2 Å². The van der Waals surface area contributed by atoms with E-state index in [9.17, 15) is 10.2 Å². The molecule has 1 aliphatic heterocycles. The highest BCUT2D eigenvalue weighted by molar-refractivity contribution is 5.39. The lowest BCUT2D eigenvalue weighted by molar-refractivity contribution is -0.00321. The quantitative estimate of drug-likeness (QED) is 0.859. The molecule has 0 unspecified atom stereocenters. The molecule has 2 N–H and O–H groups in total. The third kappa shape index (κ3) is 3.14. The molecule has 112 valence electrons. The summed E-state index contributed by atoms with van der Waals surface area (Å²) in [5.41, 5.74) is 2.20. The number of aliphatic hydroxyl groups excluding tert-OH is 2. The average molecular weight is 279 g/mol. The standard InChI is InChI=1S/C16H25NO3/c1-13-14(4-3-5-15(13)20-2)10-17-8-6-16(11-18,12-19)7-9-17/h3-5,18-19H,6-12H2,1-2H3. The molecular weight excluding hydrogens is 254 g/mol. The minimum atomic E-state index is -0.278. The van der Waals surface area contributed by atoms with E-state index < -0.39 is 0 Å². The summed E-state index contributed by atoms with van der Waals surface area (Å²) in [5.74, 6) is 0.930. The molecule has 0 radical (unpaired) electrons. The van der Waals surface area contributed by atoms with Crippen LogP contribution in [0.25, 0.3) is 0 Å². The number of likely N-dealkylation sites (tertiary alicyclic amines) is 1. The lowest BCUT2D eigenvalue weighted by atomic mass is 9.80. The zero-order chi connectivity index (χ0) is 14.6. The second-order valence-corrected chi connectivity index (χ2v) is 5.84. The van der Waals surface area contributed by atoms with E-state index in [-0.39, 0.29) is 18.6 Å². The summed E-state index contributed by atoms with van der Waals surface area (Å²) in [7, 11) is 1.70. The van der Waals surface area contributed by atoms with Gasteiger partial charge in [-0.05, 0) is 50.0 Å². The van der Waals surface area contributed by atoms with Crippen molar-refractivity contribution in [3.8, 4) is 5.75 Å². The highest BCUT2D eigenvalue weighted by Gasteiger charge is 2.33. The number of methoxy groups -OCH3 is 1. The Morgan fingerprint density at radius 1 is 1.20 bits per heavy atom. The number of benzene rings is 1. The second-order valence-electron chi connectivity index (χ2n) is 5.84. The summed E-state index contributed by atoms with van der Waals surface area (Å²) >= 11 is 0. The van der Waals surface area contributed by atoms with Gasteiger partial charge in [0, 0.05) is 12.0 Å². The predicted molar refractivity (Wildman–Crippen MR) is 78.8 cm³/mol. The molecule has 0 amide bonds. The fraction of sp³-hybridized carbons (Fsp3) is 0.625. The minimum absolute atomic E-state index is 0.0789. The summed E-state index contributed by atoms with van der Waals surface area (Å²) in [4.78, 5) is 2.38. The maximum atomic E-state index is 9.43. The second kappa shape index (κ2) is 6.57. The first-order chi connectivity index (χ1) is 9.64. The molecule has 1 heterocycles. The van der Waals surface area contributed by atoms with Crippen molar-refractivity contribution in [1.82, 2.24) is 4.90 Å². The fourth-order valence-electron chi connectivity index (χ4n) is 2.84. The molecular formula is C16H25NO3. The number of hydrogen-bond acceptors (Lipinski definition) is 4. The summed E-state index contributed by atoms with van der Waals surface area (Å²) < 4.78 is 5.36. The van der Waals surface area contributed by atoms with Gasteiger partial charge < -0.3 is 14.9 Å². The van der Waals surface area contributed by atoms with Crippen molar-refractivity contribution in [2.75, 3.05) is 33.4 Å². The molecule has 2 rings (SSSR count).